The van der Waals surface area contributed by atoms with Crippen molar-refractivity contribution in [3.05, 3.63) is 81.1 Å². The summed E-state index contributed by atoms with van der Waals surface area (Å²) in [5.41, 5.74) is 10.7. The predicted molar refractivity (Wildman–Crippen MR) is 139 cm³/mol. The minimum Gasteiger partial charge on any atom is -0.149 e. The largest absolute Gasteiger partial charge is 0.243 e. The van der Waals surface area contributed by atoms with Gasteiger partial charge in [0, 0.05) is 4.88 Å². The highest BCUT2D eigenvalue weighted by molar-refractivity contribution is 7.13. The number of fused-ring (bicyclic) bond motifs is 2. The lowest BCUT2D eigenvalue weighted by Gasteiger charge is -2.42. The number of thiophene rings is 1. The van der Waals surface area contributed by atoms with Gasteiger partial charge in [-0.15, -0.1) is 11.3 Å². The summed E-state index contributed by atoms with van der Waals surface area (Å²) in [5, 5.41) is 2.43. The third kappa shape index (κ3) is 3.63. The average Bonchev–Trinajstić information content (AvgIpc) is 3.17. The minimum atomic E-state index is 0.229. The van der Waals surface area contributed by atoms with Crippen LogP contribution in [0.5, 0.6) is 0 Å². The molecule has 0 amide bonds. The first-order chi connectivity index (χ1) is 14.8. The molecule has 5 rings (SSSR count). The van der Waals surface area contributed by atoms with Crippen LogP contribution in [-0.4, -0.2) is 6.71 Å². The Balaban J connectivity index is 1.71. The highest BCUT2D eigenvalue weighted by Gasteiger charge is 2.38. The first-order valence-corrected chi connectivity index (χ1v) is 12.6. The van der Waals surface area contributed by atoms with E-state index >= 15 is 0 Å². The van der Waals surface area contributed by atoms with Gasteiger partial charge in [0.1, 0.15) is 0 Å². The fraction of sp³-hybridized carbons (Fsp3) is 0.379. The average molecular weight is 424 g/mol. The van der Waals surface area contributed by atoms with Crippen LogP contribution in [0, 0.1) is 6.92 Å². The number of allylic oxidation sites excluding steroid dienone is 1. The Labute approximate surface area is 192 Å². The fourth-order valence-electron chi connectivity index (χ4n) is 5.54. The van der Waals surface area contributed by atoms with Gasteiger partial charge in [-0.2, -0.15) is 0 Å². The van der Waals surface area contributed by atoms with E-state index in [4.69, 9.17) is 0 Å². The summed E-state index contributed by atoms with van der Waals surface area (Å²) in [6.07, 6.45) is 9.59. The monoisotopic (exact) mass is 424 g/mol. The molecule has 0 fully saturated rings. The predicted octanol–water partition coefficient (Wildman–Crippen LogP) is 5.88. The second-order valence-corrected chi connectivity index (χ2v) is 11.8. The molecule has 2 aliphatic rings. The van der Waals surface area contributed by atoms with E-state index in [-0.39, 0.29) is 17.5 Å². The Kier molecular flexibility index (Phi) is 5.05. The minimum absolute atomic E-state index is 0.229. The van der Waals surface area contributed by atoms with Crippen molar-refractivity contribution in [3.8, 4) is 0 Å². The van der Waals surface area contributed by atoms with Gasteiger partial charge in [-0.3, -0.25) is 0 Å². The molecule has 0 N–H and O–H groups in total. The van der Waals surface area contributed by atoms with Gasteiger partial charge in [-0.25, -0.2) is 0 Å². The summed E-state index contributed by atoms with van der Waals surface area (Å²) < 4.78 is 0. The van der Waals surface area contributed by atoms with Gasteiger partial charge in [-0.1, -0.05) is 104 Å². The van der Waals surface area contributed by atoms with Crippen molar-refractivity contribution in [1.82, 2.24) is 0 Å². The molecular weight excluding hydrogens is 391 g/mol. The van der Waals surface area contributed by atoms with Crippen molar-refractivity contribution >= 4 is 40.5 Å². The molecule has 0 aliphatic heterocycles. The number of aryl methyl sites for hydroxylation is 2. The molecule has 1 aromatic heterocycles. The van der Waals surface area contributed by atoms with Gasteiger partial charge in [0.2, 0.25) is 6.71 Å². The lowest BCUT2D eigenvalue weighted by Crippen LogP contribution is -2.53. The number of benzene rings is 2. The summed E-state index contributed by atoms with van der Waals surface area (Å²) in [4.78, 5) is 1.55. The first kappa shape index (κ1) is 20.8. The van der Waals surface area contributed by atoms with E-state index in [1.165, 1.54) is 53.2 Å². The maximum Gasteiger partial charge on any atom is 0.243 e. The lowest BCUT2D eigenvalue weighted by atomic mass is 9.36. The van der Waals surface area contributed by atoms with Crippen molar-refractivity contribution in [2.45, 2.75) is 71.1 Å². The van der Waals surface area contributed by atoms with Crippen LogP contribution in [0.4, 0.5) is 0 Å². The van der Waals surface area contributed by atoms with Crippen LogP contribution in [0.25, 0.3) is 6.08 Å². The van der Waals surface area contributed by atoms with E-state index in [1.54, 1.807) is 16.0 Å². The Bertz CT molecular complexity index is 1140. The van der Waals surface area contributed by atoms with Gasteiger partial charge in [0.25, 0.3) is 0 Å². The zero-order chi connectivity index (χ0) is 21.8. The van der Waals surface area contributed by atoms with Crippen LogP contribution < -0.4 is 16.4 Å². The molecule has 0 saturated carbocycles. The van der Waals surface area contributed by atoms with Crippen LogP contribution in [0.15, 0.2) is 53.9 Å². The summed E-state index contributed by atoms with van der Waals surface area (Å²) >= 11 is 1.95. The van der Waals surface area contributed by atoms with Crippen molar-refractivity contribution < 1.29 is 0 Å². The van der Waals surface area contributed by atoms with Crippen molar-refractivity contribution in [3.63, 3.8) is 0 Å². The quantitative estimate of drug-likeness (QED) is 0.461. The van der Waals surface area contributed by atoms with Gasteiger partial charge in [0.05, 0.1) is 0 Å². The van der Waals surface area contributed by atoms with Gasteiger partial charge < -0.3 is 0 Å². The SMILES string of the molecule is Cc1ccc(B(c2ccc3c(c2)C(C)(C)CCC3(C)C)c2csc3c2C=CCC3)cc1. The maximum atomic E-state index is 2.55. The molecule has 158 valence electrons. The van der Waals surface area contributed by atoms with Crippen LogP contribution in [0.2, 0.25) is 0 Å². The van der Waals surface area contributed by atoms with E-state index in [0.29, 0.717) is 0 Å². The molecule has 0 radical (unpaired) electrons. The zero-order valence-electron chi connectivity index (χ0n) is 19.6. The Morgan fingerprint density at radius 1 is 0.839 bits per heavy atom. The summed E-state index contributed by atoms with van der Waals surface area (Å²) in [6, 6.07) is 16.6. The molecule has 31 heavy (non-hydrogen) atoms. The topological polar surface area (TPSA) is 0 Å². The van der Waals surface area contributed by atoms with Gasteiger partial charge in [-0.05, 0) is 65.5 Å². The van der Waals surface area contributed by atoms with E-state index in [2.05, 4.69) is 94.6 Å². The second-order valence-electron chi connectivity index (χ2n) is 10.9. The molecular formula is C29H33BS. The van der Waals surface area contributed by atoms with Crippen LogP contribution >= 0.6 is 11.3 Å². The Morgan fingerprint density at radius 2 is 1.52 bits per heavy atom. The third-order valence-corrected chi connectivity index (χ3v) is 8.77. The summed E-state index contributed by atoms with van der Waals surface area (Å²) in [5.74, 6) is 0. The molecule has 3 aromatic rings. The first-order valence-electron chi connectivity index (χ1n) is 11.7. The molecule has 1 heterocycles. The van der Waals surface area contributed by atoms with Crippen LogP contribution in [-0.2, 0) is 17.3 Å². The maximum absolute atomic E-state index is 2.55. The second kappa shape index (κ2) is 7.52. The summed E-state index contributed by atoms with van der Waals surface area (Å²) in [7, 11) is 0. The summed E-state index contributed by atoms with van der Waals surface area (Å²) in [6.45, 7) is 12.2. The van der Waals surface area contributed by atoms with Crippen LogP contribution in [0.1, 0.15) is 74.1 Å². The normalized spacial score (nSPS) is 18.4. The number of rotatable bonds is 3. The molecule has 0 atom stereocenters. The Morgan fingerprint density at radius 3 is 2.26 bits per heavy atom. The van der Waals surface area contributed by atoms with Gasteiger partial charge >= 0.3 is 0 Å². The van der Waals surface area contributed by atoms with E-state index in [0.717, 1.165) is 0 Å². The molecule has 2 aromatic carbocycles. The molecule has 2 heteroatoms. The number of hydrogen-bond acceptors (Lipinski definition) is 1. The van der Waals surface area contributed by atoms with Crippen molar-refractivity contribution in [2.24, 2.45) is 0 Å². The van der Waals surface area contributed by atoms with E-state index in [9.17, 15) is 0 Å². The molecule has 2 aliphatic carbocycles. The lowest BCUT2D eigenvalue weighted by molar-refractivity contribution is 0.332. The smallest absolute Gasteiger partial charge is 0.149 e. The van der Waals surface area contributed by atoms with E-state index < -0.39 is 0 Å². The van der Waals surface area contributed by atoms with Gasteiger partial charge in [0.15, 0.2) is 0 Å². The highest BCUT2D eigenvalue weighted by atomic mass is 32.1. The highest BCUT2D eigenvalue weighted by Crippen LogP contribution is 2.45. The molecule has 0 bridgehead atoms. The molecule has 0 spiro atoms. The molecule has 0 unspecified atom stereocenters. The molecule has 0 saturated heterocycles. The van der Waals surface area contributed by atoms with Crippen molar-refractivity contribution in [2.75, 3.05) is 0 Å². The zero-order valence-corrected chi connectivity index (χ0v) is 20.4. The fourth-order valence-corrected chi connectivity index (χ4v) is 6.62. The Hall–Kier alpha value is -2.06. The number of hydrogen-bond donors (Lipinski definition) is 0. The van der Waals surface area contributed by atoms with Crippen molar-refractivity contribution in [1.29, 1.82) is 0 Å². The van der Waals surface area contributed by atoms with Crippen LogP contribution in [0.3, 0.4) is 0 Å². The van der Waals surface area contributed by atoms with E-state index in [1.807, 2.05) is 11.3 Å². The standard InChI is InChI=1S/C29H33BS/c1-20-10-12-21(13-11-20)30(26-19-31-27-9-7-6-8-23(26)27)22-14-15-24-25(18-22)29(4,5)17-16-28(24,2)3/h6,8,10-15,18-19H,7,9,16-17H2,1-5H3. The third-order valence-electron chi connectivity index (χ3n) is 7.69. The molecule has 0 nitrogen and oxygen atoms in total.